The molecule has 0 spiro atoms. The summed E-state index contributed by atoms with van der Waals surface area (Å²) in [5, 5.41) is 9.56. The van der Waals surface area contributed by atoms with Gasteiger partial charge in [-0.15, -0.1) is 0 Å². The van der Waals surface area contributed by atoms with E-state index >= 15 is 0 Å². The third-order valence-electron chi connectivity index (χ3n) is 3.94. The van der Waals surface area contributed by atoms with Gasteiger partial charge in [0.15, 0.2) is 0 Å². The lowest BCUT2D eigenvalue weighted by Crippen LogP contribution is -2.15. The third kappa shape index (κ3) is 4.09. The van der Waals surface area contributed by atoms with Crippen LogP contribution in [0.4, 0.5) is 4.39 Å². The van der Waals surface area contributed by atoms with Gasteiger partial charge in [-0.05, 0) is 47.2 Å². The molecule has 0 heterocycles. The SMILES string of the molecule is COc1ccc(C(C)C)cc1CC(C(=O)O)c1cccc(F)c1. The summed E-state index contributed by atoms with van der Waals surface area (Å²) in [6, 6.07) is 11.6. The predicted octanol–water partition coefficient (Wildman–Crippen LogP) is 4.37. The molecule has 0 bridgehead atoms. The highest BCUT2D eigenvalue weighted by Gasteiger charge is 2.23. The smallest absolute Gasteiger partial charge is 0.311 e. The molecule has 1 unspecified atom stereocenters. The van der Waals surface area contributed by atoms with Crippen molar-refractivity contribution in [3.63, 3.8) is 0 Å². The lowest BCUT2D eigenvalue weighted by molar-refractivity contribution is -0.138. The lowest BCUT2D eigenvalue weighted by Gasteiger charge is -2.17. The number of halogens is 1. The maximum absolute atomic E-state index is 13.4. The second-order valence-corrected chi connectivity index (χ2v) is 5.88. The predicted molar refractivity (Wildman–Crippen MR) is 87.6 cm³/mol. The average Bonchev–Trinajstić information content (AvgIpc) is 2.51. The molecule has 2 rings (SSSR count). The first-order chi connectivity index (χ1) is 10.9. The first-order valence-electron chi connectivity index (χ1n) is 7.57. The first kappa shape index (κ1) is 17.0. The van der Waals surface area contributed by atoms with Crippen LogP contribution in [-0.4, -0.2) is 18.2 Å². The second-order valence-electron chi connectivity index (χ2n) is 5.88. The van der Waals surface area contributed by atoms with Gasteiger partial charge >= 0.3 is 5.97 Å². The number of rotatable bonds is 6. The summed E-state index contributed by atoms with van der Waals surface area (Å²) >= 11 is 0. The Morgan fingerprint density at radius 3 is 2.48 bits per heavy atom. The quantitative estimate of drug-likeness (QED) is 0.861. The van der Waals surface area contributed by atoms with Crippen molar-refractivity contribution < 1.29 is 19.0 Å². The highest BCUT2D eigenvalue weighted by molar-refractivity contribution is 5.76. The molecule has 0 aliphatic carbocycles. The summed E-state index contributed by atoms with van der Waals surface area (Å²) in [4.78, 5) is 11.7. The molecule has 2 aromatic rings. The number of methoxy groups -OCH3 is 1. The van der Waals surface area contributed by atoms with Crippen LogP contribution >= 0.6 is 0 Å². The molecule has 1 N–H and O–H groups in total. The van der Waals surface area contributed by atoms with Crippen LogP contribution in [0.25, 0.3) is 0 Å². The van der Waals surface area contributed by atoms with E-state index in [2.05, 4.69) is 13.8 Å². The van der Waals surface area contributed by atoms with Gasteiger partial charge < -0.3 is 9.84 Å². The Hall–Kier alpha value is -2.36. The van der Waals surface area contributed by atoms with Crippen LogP contribution in [0.2, 0.25) is 0 Å². The number of aliphatic carboxylic acids is 1. The fourth-order valence-corrected chi connectivity index (χ4v) is 2.61. The van der Waals surface area contributed by atoms with Crippen molar-refractivity contribution in [2.45, 2.75) is 32.1 Å². The molecule has 0 aliphatic heterocycles. The monoisotopic (exact) mass is 316 g/mol. The Morgan fingerprint density at radius 2 is 1.91 bits per heavy atom. The van der Waals surface area contributed by atoms with E-state index in [1.165, 1.54) is 18.2 Å². The van der Waals surface area contributed by atoms with Crippen LogP contribution in [0.15, 0.2) is 42.5 Å². The Labute approximate surface area is 135 Å². The lowest BCUT2D eigenvalue weighted by atomic mass is 9.89. The van der Waals surface area contributed by atoms with Crippen molar-refractivity contribution in [3.8, 4) is 5.75 Å². The minimum atomic E-state index is -0.979. The van der Waals surface area contributed by atoms with E-state index in [4.69, 9.17) is 4.74 Å². The van der Waals surface area contributed by atoms with Gasteiger partial charge in [-0.1, -0.05) is 38.1 Å². The Bertz CT molecular complexity index is 695. The van der Waals surface area contributed by atoms with Gasteiger partial charge in [0.1, 0.15) is 11.6 Å². The molecule has 0 radical (unpaired) electrons. The van der Waals surface area contributed by atoms with Crippen LogP contribution in [0.5, 0.6) is 5.75 Å². The molecular weight excluding hydrogens is 295 g/mol. The maximum Gasteiger partial charge on any atom is 0.311 e. The number of hydrogen-bond donors (Lipinski definition) is 1. The largest absolute Gasteiger partial charge is 0.496 e. The Balaban J connectivity index is 2.40. The Kier molecular flexibility index (Phi) is 5.37. The molecule has 0 fully saturated rings. The van der Waals surface area contributed by atoms with Crippen LogP contribution < -0.4 is 4.74 Å². The van der Waals surface area contributed by atoms with Crippen molar-refractivity contribution in [1.29, 1.82) is 0 Å². The summed E-state index contributed by atoms with van der Waals surface area (Å²) in [5.74, 6) is -1.25. The molecular formula is C19H21FO3. The zero-order valence-corrected chi connectivity index (χ0v) is 13.5. The fraction of sp³-hybridized carbons (Fsp3) is 0.316. The van der Waals surface area contributed by atoms with E-state index < -0.39 is 17.7 Å². The van der Waals surface area contributed by atoms with Crippen LogP contribution in [0.1, 0.15) is 42.4 Å². The molecule has 0 saturated carbocycles. The van der Waals surface area contributed by atoms with Gasteiger partial charge in [0.05, 0.1) is 13.0 Å². The molecule has 23 heavy (non-hydrogen) atoms. The molecule has 0 saturated heterocycles. The number of carbonyl (C=O) groups is 1. The van der Waals surface area contributed by atoms with E-state index in [0.717, 1.165) is 11.1 Å². The highest BCUT2D eigenvalue weighted by Crippen LogP contribution is 2.30. The van der Waals surface area contributed by atoms with Crippen molar-refractivity contribution >= 4 is 5.97 Å². The van der Waals surface area contributed by atoms with Gasteiger partial charge in [-0.2, -0.15) is 0 Å². The molecule has 4 heteroatoms. The molecule has 0 aliphatic rings. The zero-order valence-electron chi connectivity index (χ0n) is 13.5. The normalized spacial score (nSPS) is 12.2. The van der Waals surface area contributed by atoms with Crippen molar-refractivity contribution in [2.75, 3.05) is 7.11 Å². The minimum absolute atomic E-state index is 0.253. The summed E-state index contributed by atoms with van der Waals surface area (Å²) in [6.07, 6.45) is 0.253. The molecule has 1 atom stereocenters. The standard InChI is InChI=1S/C19H21FO3/c1-12(2)13-7-8-18(23-3)15(9-13)11-17(19(21)22)14-5-4-6-16(20)10-14/h4-10,12,17H,11H2,1-3H3,(H,21,22). The maximum atomic E-state index is 13.4. The summed E-state index contributed by atoms with van der Waals surface area (Å²) < 4.78 is 18.8. The van der Waals surface area contributed by atoms with E-state index in [9.17, 15) is 14.3 Å². The van der Waals surface area contributed by atoms with Crippen LogP contribution in [0.3, 0.4) is 0 Å². The van der Waals surface area contributed by atoms with Crippen LogP contribution in [-0.2, 0) is 11.2 Å². The van der Waals surface area contributed by atoms with Crippen molar-refractivity contribution in [1.82, 2.24) is 0 Å². The van der Waals surface area contributed by atoms with Crippen molar-refractivity contribution in [2.24, 2.45) is 0 Å². The average molecular weight is 316 g/mol. The van der Waals surface area contributed by atoms with E-state index in [-0.39, 0.29) is 6.42 Å². The van der Waals surface area contributed by atoms with E-state index in [1.807, 2.05) is 18.2 Å². The number of carboxylic acids is 1. The zero-order chi connectivity index (χ0) is 17.0. The van der Waals surface area contributed by atoms with Gasteiger partial charge in [0.2, 0.25) is 0 Å². The van der Waals surface area contributed by atoms with Crippen LogP contribution in [0, 0.1) is 5.82 Å². The molecule has 122 valence electrons. The summed E-state index contributed by atoms with van der Waals surface area (Å²) in [5.41, 5.74) is 2.38. The summed E-state index contributed by atoms with van der Waals surface area (Å²) in [6.45, 7) is 4.15. The Morgan fingerprint density at radius 1 is 1.17 bits per heavy atom. The van der Waals surface area contributed by atoms with E-state index in [0.29, 0.717) is 17.2 Å². The second kappa shape index (κ2) is 7.27. The number of carboxylic acid groups (broad SMARTS) is 1. The number of ether oxygens (including phenoxy) is 1. The van der Waals surface area contributed by atoms with E-state index in [1.54, 1.807) is 13.2 Å². The van der Waals surface area contributed by atoms with Crippen molar-refractivity contribution in [3.05, 3.63) is 65.0 Å². The fourth-order valence-electron chi connectivity index (χ4n) is 2.61. The molecule has 0 aromatic heterocycles. The minimum Gasteiger partial charge on any atom is -0.496 e. The highest BCUT2D eigenvalue weighted by atomic mass is 19.1. The first-order valence-corrected chi connectivity index (χ1v) is 7.57. The van der Waals surface area contributed by atoms with Gasteiger partial charge in [0.25, 0.3) is 0 Å². The molecule has 3 nitrogen and oxygen atoms in total. The summed E-state index contributed by atoms with van der Waals surface area (Å²) in [7, 11) is 1.56. The number of benzene rings is 2. The van der Waals surface area contributed by atoms with Gasteiger partial charge in [-0.3, -0.25) is 4.79 Å². The molecule has 2 aromatic carbocycles. The number of hydrogen-bond acceptors (Lipinski definition) is 2. The third-order valence-corrected chi connectivity index (χ3v) is 3.94. The topological polar surface area (TPSA) is 46.5 Å². The van der Waals surface area contributed by atoms with Gasteiger partial charge in [-0.25, -0.2) is 4.39 Å². The van der Waals surface area contributed by atoms with Gasteiger partial charge in [0, 0.05) is 0 Å². The molecule has 0 amide bonds.